The van der Waals surface area contributed by atoms with Crippen LogP contribution in [0.4, 0.5) is 5.82 Å². The monoisotopic (exact) mass is 190 g/mol. The molecular formula is C10H14N4. The van der Waals surface area contributed by atoms with Crippen LogP contribution in [-0.2, 0) is 7.05 Å². The predicted molar refractivity (Wildman–Crippen MR) is 57.6 cm³/mol. The van der Waals surface area contributed by atoms with Crippen LogP contribution < -0.4 is 4.90 Å². The number of hydrogen-bond donors (Lipinski definition) is 0. The molecule has 0 unspecified atom stereocenters. The Balaban J connectivity index is 2.79. The van der Waals surface area contributed by atoms with E-state index in [0.717, 1.165) is 22.4 Å². The standard InChI is InChI=1S/C10H14N4/c1-7-5-8-9(11-6-7)14(4)12-10(8)13(2)3/h5-6H,1-4H3. The molecule has 0 bridgehead atoms. The third-order valence-corrected chi connectivity index (χ3v) is 2.22. The lowest BCUT2D eigenvalue weighted by Crippen LogP contribution is -2.09. The maximum atomic E-state index is 4.41. The number of anilines is 1. The first-order valence-electron chi connectivity index (χ1n) is 4.56. The van der Waals surface area contributed by atoms with Gasteiger partial charge in [-0.3, -0.25) is 0 Å². The van der Waals surface area contributed by atoms with E-state index in [1.54, 1.807) is 0 Å². The van der Waals surface area contributed by atoms with Crippen LogP contribution in [-0.4, -0.2) is 28.9 Å². The number of nitrogens with zero attached hydrogens (tertiary/aromatic N) is 4. The van der Waals surface area contributed by atoms with Crippen molar-refractivity contribution in [2.45, 2.75) is 6.92 Å². The lowest BCUT2D eigenvalue weighted by molar-refractivity contribution is 0.779. The second-order valence-electron chi connectivity index (χ2n) is 3.73. The van der Waals surface area contributed by atoms with Gasteiger partial charge in [0.1, 0.15) is 0 Å². The zero-order valence-electron chi connectivity index (χ0n) is 8.94. The minimum atomic E-state index is 0.930. The molecule has 0 aliphatic rings. The Hall–Kier alpha value is -1.58. The number of rotatable bonds is 1. The molecule has 74 valence electrons. The first-order chi connectivity index (χ1) is 6.59. The van der Waals surface area contributed by atoms with E-state index in [1.807, 2.05) is 43.8 Å². The van der Waals surface area contributed by atoms with Crippen molar-refractivity contribution in [3.05, 3.63) is 17.8 Å². The molecular weight excluding hydrogens is 176 g/mol. The van der Waals surface area contributed by atoms with E-state index in [0.29, 0.717) is 0 Å². The van der Waals surface area contributed by atoms with Gasteiger partial charge in [-0.25, -0.2) is 9.67 Å². The van der Waals surface area contributed by atoms with Gasteiger partial charge in [-0.1, -0.05) is 0 Å². The van der Waals surface area contributed by atoms with Gasteiger partial charge >= 0.3 is 0 Å². The van der Waals surface area contributed by atoms with Gasteiger partial charge in [-0.05, 0) is 18.6 Å². The quantitative estimate of drug-likeness (QED) is 0.680. The topological polar surface area (TPSA) is 34.0 Å². The highest BCUT2D eigenvalue weighted by molar-refractivity contribution is 5.88. The van der Waals surface area contributed by atoms with Gasteiger partial charge in [0, 0.05) is 27.3 Å². The number of pyridine rings is 1. The van der Waals surface area contributed by atoms with Gasteiger partial charge < -0.3 is 4.90 Å². The Labute approximate surface area is 83.2 Å². The van der Waals surface area contributed by atoms with Crippen molar-refractivity contribution in [1.29, 1.82) is 0 Å². The fourth-order valence-corrected chi connectivity index (χ4v) is 1.56. The lowest BCUT2D eigenvalue weighted by Gasteiger charge is -2.07. The second-order valence-corrected chi connectivity index (χ2v) is 3.73. The molecule has 0 N–H and O–H groups in total. The molecule has 2 aromatic heterocycles. The Kier molecular flexibility index (Phi) is 1.91. The molecule has 0 saturated carbocycles. The molecule has 4 heteroatoms. The molecule has 2 heterocycles. The minimum absolute atomic E-state index is 0.930. The number of fused-ring (bicyclic) bond motifs is 1. The van der Waals surface area contributed by atoms with Crippen molar-refractivity contribution in [3.63, 3.8) is 0 Å². The molecule has 0 aliphatic heterocycles. The second kappa shape index (κ2) is 2.97. The van der Waals surface area contributed by atoms with E-state index in [-0.39, 0.29) is 0 Å². The van der Waals surface area contributed by atoms with Crippen molar-refractivity contribution >= 4 is 16.9 Å². The van der Waals surface area contributed by atoms with Gasteiger partial charge in [0.2, 0.25) is 0 Å². The lowest BCUT2D eigenvalue weighted by atomic mass is 10.2. The summed E-state index contributed by atoms with van der Waals surface area (Å²) in [4.78, 5) is 6.36. The Morgan fingerprint density at radius 2 is 2.07 bits per heavy atom. The molecule has 14 heavy (non-hydrogen) atoms. The highest BCUT2D eigenvalue weighted by Crippen LogP contribution is 2.22. The Morgan fingerprint density at radius 1 is 1.36 bits per heavy atom. The number of hydrogen-bond acceptors (Lipinski definition) is 3. The minimum Gasteiger partial charge on any atom is -0.361 e. The zero-order chi connectivity index (χ0) is 10.3. The first kappa shape index (κ1) is 8.99. The highest BCUT2D eigenvalue weighted by Gasteiger charge is 2.10. The summed E-state index contributed by atoms with van der Waals surface area (Å²) < 4.78 is 1.81. The van der Waals surface area contributed by atoms with Crippen LogP contribution >= 0.6 is 0 Å². The maximum absolute atomic E-state index is 4.41. The molecule has 0 fully saturated rings. The Morgan fingerprint density at radius 3 is 2.71 bits per heavy atom. The average Bonchev–Trinajstić information content (AvgIpc) is 2.43. The predicted octanol–water partition coefficient (Wildman–Crippen LogP) is 1.34. The van der Waals surface area contributed by atoms with Crippen LogP contribution in [0.15, 0.2) is 12.3 Å². The van der Waals surface area contributed by atoms with Gasteiger partial charge in [0.05, 0.1) is 5.39 Å². The summed E-state index contributed by atoms with van der Waals surface area (Å²) in [6.45, 7) is 2.04. The molecule has 4 nitrogen and oxygen atoms in total. The van der Waals surface area contributed by atoms with E-state index in [1.165, 1.54) is 0 Å². The van der Waals surface area contributed by atoms with Crippen LogP contribution in [0.3, 0.4) is 0 Å². The summed E-state index contributed by atoms with van der Waals surface area (Å²) in [6.07, 6.45) is 1.86. The van der Waals surface area contributed by atoms with Crippen molar-refractivity contribution in [1.82, 2.24) is 14.8 Å². The normalized spacial score (nSPS) is 10.9. The van der Waals surface area contributed by atoms with Gasteiger partial charge in [0.25, 0.3) is 0 Å². The molecule has 0 saturated heterocycles. The van der Waals surface area contributed by atoms with Crippen LogP contribution in [0.5, 0.6) is 0 Å². The SMILES string of the molecule is Cc1cnc2c(c1)c(N(C)C)nn2C. The van der Waals surface area contributed by atoms with Crippen LogP contribution in [0, 0.1) is 6.92 Å². The Bertz CT molecular complexity index is 470. The van der Waals surface area contributed by atoms with Gasteiger partial charge in [-0.15, -0.1) is 0 Å². The third-order valence-electron chi connectivity index (χ3n) is 2.22. The summed E-state index contributed by atoms with van der Waals surface area (Å²) in [5, 5.41) is 5.52. The van der Waals surface area contributed by atoms with E-state index in [4.69, 9.17) is 0 Å². The first-order valence-corrected chi connectivity index (χ1v) is 4.56. The fraction of sp³-hybridized carbons (Fsp3) is 0.400. The van der Waals surface area contributed by atoms with Gasteiger partial charge in [-0.2, -0.15) is 5.10 Å². The molecule has 0 spiro atoms. The maximum Gasteiger partial charge on any atom is 0.159 e. The smallest absolute Gasteiger partial charge is 0.159 e. The van der Waals surface area contributed by atoms with Crippen LogP contribution in [0.1, 0.15) is 5.56 Å². The average molecular weight is 190 g/mol. The number of aryl methyl sites for hydroxylation is 2. The fourth-order valence-electron chi connectivity index (χ4n) is 1.56. The molecule has 2 rings (SSSR count). The molecule has 2 aromatic rings. The molecule has 0 aliphatic carbocycles. The zero-order valence-corrected chi connectivity index (χ0v) is 8.94. The summed E-state index contributed by atoms with van der Waals surface area (Å²) >= 11 is 0. The van der Waals surface area contributed by atoms with Crippen molar-refractivity contribution in [2.75, 3.05) is 19.0 Å². The largest absolute Gasteiger partial charge is 0.361 e. The van der Waals surface area contributed by atoms with E-state index in [2.05, 4.69) is 16.1 Å². The summed E-state index contributed by atoms with van der Waals surface area (Å²) in [5.41, 5.74) is 2.09. The third kappa shape index (κ3) is 1.23. The number of aromatic nitrogens is 3. The van der Waals surface area contributed by atoms with Crippen molar-refractivity contribution in [2.24, 2.45) is 7.05 Å². The molecule has 0 radical (unpaired) electrons. The summed E-state index contributed by atoms with van der Waals surface area (Å²) in [5.74, 6) is 0.971. The van der Waals surface area contributed by atoms with Crippen molar-refractivity contribution in [3.8, 4) is 0 Å². The van der Waals surface area contributed by atoms with Crippen LogP contribution in [0.25, 0.3) is 11.0 Å². The molecule has 0 aromatic carbocycles. The van der Waals surface area contributed by atoms with Gasteiger partial charge in [0.15, 0.2) is 11.5 Å². The van der Waals surface area contributed by atoms with Crippen LogP contribution in [0.2, 0.25) is 0 Å². The molecule has 0 atom stereocenters. The highest BCUT2D eigenvalue weighted by atomic mass is 15.3. The molecule has 0 amide bonds. The van der Waals surface area contributed by atoms with E-state index >= 15 is 0 Å². The summed E-state index contributed by atoms with van der Waals surface area (Å²) in [7, 11) is 5.89. The van der Waals surface area contributed by atoms with E-state index < -0.39 is 0 Å². The summed E-state index contributed by atoms with van der Waals surface area (Å²) in [6, 6.07) is 2.12. The van der Waals surface area contributed by atoms with E-state index in [9.17, 15) is 0 Å². The van der Waals surface area contributed by atoms with Crippen molar-refractivity contribution < 1.29 is 0 Å².